The summed E-state index contributed by atoms with van der Waals surface area (Å²) in [5.41, 5.74) is 0.152. The van der Waals surface area contributed by atoms with Crippen LogP contribution in [0.3, 0.4) is 0 Å². The van der Waals surface area contributed by atoms with E-state index in [9.17, 15) is 14.9 Å². The molecule has 12 nitrogen and oxygen atoms in total. The van der Waals surface area contributed by atoms with Gasteiger partial charge in [0, 0.05) is 19.2 Å². The molecule has 2 heterocycles. The predicted octanol–water partition coefficient (Wildman–Crippen LogP) is 3.12. The summed E-state index contributed by atoms with van der Waals surface area (Å²) in [6.45, 7) is 5.36. The first-order valence-corrected chi connectivity index (χ1v) is 11.7. The molecular formula is C21H27N7O5S. The van der Waals surface area contributed by atoms with Gasteiger partial charge in [-0.25, -0.2) is 14.6 Å². The highest BCUT2D eigenvalue weighted by molar-refractivity contribution is 7.99. The number of hydrogen-bond acceptors (Lipinski definition) is 10. The highest BCUT2D eigenvalue weighted by atomic mass is 32.2. The van der Waals surface area contributed by atoms with E-state index < -0.39 is 10.8 Å². The number of nitro groups is 1. The predicted molar refractivity (Wildman–Crippen MR) is 129 cm³/mol. The average molecular weight is 490 g/mol. The molecule has 2 N–H and O–H groups in total. The highest BCUT2D eigenvalue weighted by Gasteiger charge is 2.24. The summed E-state index contributed by atoms with van der Waals surface area (Å²) in [5.74, 6) is 1.33. The minimum Gasteiger partial charge on any atom is -0.493 e. The number of aromatic nitrogens is 4. The molecule has 0 saturated heterocycles. The average Bonchev–Trinajstić information content (AvgIpc) is 3.24. The number of hydrogen-bond donors (Lipinski definition) is 2. The van der Waals surface area contributed by atoms with Crippen molar-refractivity contribution in [3.8, 4) is 11.5 Å². The summed E-state index contributed by atoms with van der Waals surface area (Å²) >= 11 is 1.53. The maximum Gasteiger partial charge on any atom is 0.286 e. The van der Waals surface area contributed by atoms with Gasteiger partial charge in [0.15, 0.2) is 22.3 Å². The topological polar surface area (TPSA) is 146 Å². The van der Waals surface area contributed by atoms with Gasteiger partial charge >= 0.3 is 0 Å². The van der Waals surface area contributed by atoms with E-state index in [-0.39, 0.29) is 29.3 Å². The molecule has 0 aliphatic rings. The molecule has 0 unspecified atom stereocenters. The van der Waals surface area contributed by atoms with Crippen LogP contribution in [0.25, 0.3) is 11.0 Å². The largest absolute Gasteiger partial charge is 0.493 e. The Balaban J connectivity index is 1.80. The normalized spacial score (nSPS) is 10.8. The SMILES string of the molecule is CCCNc1nc(SCC)nc2c1cnn2CCNC(=O)c1cc(OC)c(OC)cc1[N+](=O)[O-]. The number of thioether (sulfide) groups is 1. The van der Waals surface area contributed by atoms with Crippen LogP contribution in [0.5, 0.6) is 11.5 Å². The summed E-state index contributed by atoms with van der Waals surface area (Å²) in [6, 6.07) is 2.46. The summed E-state index contributed by atoms with van der Waals surface area (Å²) in [5, 5.41) is 23.3. The van der Waals surface area contributed by atoms with E-state index in [0.717, 1.165) is 29.9 Å². The van der Waals surface area contributed by atoms with Gasteiger partial charge in [0.1, 0.15) is 11.4 Å². The smallest absolute Gasteiger partial charge is 0.286 e. The van der Waals surface area contributed by atoms with Crippen molar-refractivity contribution in [2.24, 2.45) is 0 Å². The van der Waals surface area contributed by atoms with Gasteiger partial charge in [-0.05, 0) is 12.2 Å². The summed E-state index contributed by atoms with van der Waals surface area (Å²) < 4.78 is 12.0. The third-order valence-corrected chi connectivity index (χ3v) is 5.57. The molecule has 0 spiro atoms. The number of carbonyl (C=O) groups excluding carboxylic acids is 1. The second-order valence-electron chi connectivity index (χ2n) is 7.06. The van der Waals surface area contributed by atoms with E-state index in [1.165, 1.54) is 38.1 Å². The molecule has 13 heteroatoms. The Morgan fingerprint density at radius 2 is 1.91 bits per heavy atom. The zero-order chi connectivity index (χ0) is 24.7. The molecule has 0 radical (unpaired) electrons. The number of nitro benzene ring substituents is 1. The molecule has 0 aliphatic heterocycles. The number of ether oxygens (including phenoxy) is 2. The molecule has 1 amide bonds. The fourth-order valence-corrected chi connectivity index (χ4v) is 3.81. The fraction of sp³-hybridized carbons (Fsp3) is 0.429. The van der Waals surface area contributed by atoms with Gasteiger partial charge in [-0.15, -0.1) is 0 Å². The molecule has 0 aliphatic carbocycles. The van der Waals surface area contributed by atoms with Crippen molar-refractivity contribution in [1.29, 1.82) is 0 Å². The van der Waals surface area contributed by atoms with Gasteiger partial charge in [0.2, 0.25) is 0 Å². The lowest BCUT2D eigenvalue weighted by atomic mass is 10.1. The van der Waals surface area contributed by atoms with Gasteiger partial charge in [0.25, 0.3) is 11.6 Å². The van der Waals surface area contributed by atoms with Crippen LogP contribution in [-0.4, -0.2) is 63.6 Å². The maximum absolute atomic E-state index is 12.8. The molecular weight excluding hydrogens is 462 g/mol. The second kappa shape index (κ2) is 11.5. The highest BCUT2D eigenvalue weighted by Crippen LogP contribution is 2.34. The maximum atomic E-state index is 12.8. The van der Waals surface area contributed by atoms with Crippen molar-refractivity contribution in [2.75, 3.05) is 38.4 Å². The number of benzene rings is 1. The second-order valence-corrected chi connectivity index (χ2v) is 8.29. The first kappa shape index (κ1) is 25.0. The van der Waals surface area contributed by atoms with Gasteiger partial charge in [-0.3, -0.25) is 14.9 Å². The Labute approximate surface area is 200 Å². The van der Waals surface area contributed by atoms with Crippen molar-refractivity contribution in [1.82, 2.24) is 25.1 Å². The Kier molecular flexibility index (Phi) is 8.46. The van der Waals surface area contributed by atoms with Crippen LogP contribution in [0, 0.1) is 10.1 Å². The van der Waals surface area contributed by atoms with Crippen LogP contribution >= 0.6 is 11.8 Å². The van der Waals surface area contributed by atoms with Gasteiger partial charge in [0.05, 0.1) is 43.3 Å². The van der Waals surface area contributed by atoms with E-state index in [4.69, 9.17) is 9.47 Å². The van der Waals surface area contributed by atoms with Crippen LogP contribution in [-0.2, 0) is 6.54 Å². The number of nitrogens with zero attached hydrogens (tertiary/aromatic N) is 5. The number of anilines is 1. The van der Waals surface area contributed by atoms with Gasteiger partial charge in [-0.1, -0.05) is 25.6 Å². The number of methoxy groups -OCH3 is 2. The first-order valence-electron chi connectivity index (χ1n) is 10.7. The van der Waals surface area contributed by atoms with Crippen molar-refractivity contribution in [3.63, 3.8) is 0 Å². The van der Waals surface area contributed by atoms with E-state index >= 15 is 0 Å². The molecule has 0 atom stereocenters. The van der Waals surface area contributed by atoms with Gasteiger partial charge in [-0.2, -0.15) is 5.10 Å². The third-order valence-electron chi connectivity index (χ3n) is 4.84. The van der Waals surface area contributed by atoms with Crippen LogP contribution in [0.15, 0.2) is 23.5 Å². The van der Waals surface area contributed by atoms with Crippen molar-refractivity contribution >= 4 is 40.2 Å². The first-order chi connectivity index (χ1) is 16.4. The van der Waals surface area contributed by atoms with Crippen molar-refractivity contribution < 1.29 is 19.2 Å². The number of amides is 1. The van der Waals surface area contributed by atoms with E-state index in [1.807, 2.05) is 6.92 Å². The van der Waals surface area contributed by atoms with Crippen molar-refractivity contribution in [3.05, 3.63) is 34.0 Å². The number of carbonyl (C=O) groups is 1. The number of rotatable bonds is 12. The number of fused-ring (bicyclic) bond motifs is 1. The van der Waals surface area contributed by atoms with E-state index in [1.54, 1.807) is 10.9 Å². The van der Waals surface area contributed by atoms with Crippen LogP contribution in [0.1, 0.15) is 30.6 Å². The summed E-state index contributed by atoms with van der Waals surface area (Å²) in [4.78, 5) is 32.8. The molecule has 182 valence electrons. The Hall–Kier alpha value is -3.61. The molecule has 3 rings (SSSR count). The minimum atomic E-state index is -0.632. The minimum absolute atomic E-state index is 0.122. The lowest BCUT2D eigenvalue weighted by molar-refractivity contribution is -0.385. The standard InChI is InChI=1S/C21H27N7O5S/c1-5-7-22-18-14-12-24-27(19(14)26-21(25-18)34-6-2)9-8-23-20(29)13-10-16(32-3)17(33-4)11-15(13)28(30)31/h10-12H,5-9H2,1-4H3,(H,23,29)(H,22,25,26). The molecule has 1 aromatic carbocycles. The third kappa shape index (κ3) is 5.47. The van der Waals surface area contributed by atoms with Crippen molar-refractivity contribution in [2.45, 2.75) is 32.0 Å². The van der Waals surface area contributed by atoms with Crippen LogP contribution < -0.4 is 20.1 Å². The summed E-state index contributed by atoms with van der Waals surface area (Å²) in [6.07, 6.45) is 2.64. The molecule has 3 aromatic rings. The lowest BCUT2D eigenvalue weighted by Gasteiger charge is -2.11. The molecule has 2 aromatic heterocycles. The van der Waals surface area contributed by atoms with Crippen LogP contribution in [0.4, 0.5) is 11.5 Å². The molecule has 34 heavy (non-hydrogen) atoms. The Morgan fingerprint density at radius 3 is 2.56 bits per heavy atom. The van der Waals surface area contributed by atoms with Crippen LogP contribution in [0.2, 0.25) is 0 Å². The quantitative estimate of drug-likeness (QED) is 0.168. The Morgan fingerprint density at radius 1 is 1.18 bits per heavy atom. The van der Waals surface area contributed by atoms with E-state index in [0.29, 0.717) is 17.3 Å². The number of nitrogens with one attached hydrogen (secondary N) is 2. The summed E-state index contributed by atoms with van der Waals surface area (Å²) in [7, 11) is 2.76. The lowest BCUT2D eigenvalue weighted by Crippen LogP contribution is -2.28. The molecule has 0 saturated carbocycles. The monoisotopic (exact) mass is 489 g/mol. The molecule has 0 fully saturated rings. The van der Waals surface area contributed by atoms with E-state index in [2.05, 4.69) is 32.6 Å². The Bertz CT molecular complexity index is 1180. The zero-order valence-corrected chi connectivity index (χ0v) is 20.3. The zero-order valence-electron chi connectivity index (χ0n) is 19.5. The molecule has 0 bridgehead atoms. The fourth-order valence-electron chi connectivity index (χ4n) is 3.24. The van der Waals surface area contributed by atoms with Gasteiger partial charge < -0.3 is 20.1 Å².